The molecule has 3 aromatic rings. The van der Waals surface area contributed by atoms with Crippen molar-refractivity contribution in [3.63, 3.8) is 0 Å². The zero-order valence-corrected chi connectivity index (χ0v) is 17.9. The number of nitrogens with zero attached hydrogens (tertiary/aromatic N) is 2. The number of hydrogen-bond donors (Lipinski definition) is 1. The van der Waals surface area contributed by atoms with Gasteiger partial charge in [0.05, 0.1) is 22.5 Å². The Kier molecular flexibility index (Phi) is 5.67. The van der Waals surface area contributed by atoms with Gasteiger partial charge in [-0.25, -0.2) is 9.59 Å². The molecule has 4 rings (SSSR count). The van der Waals surface area contributed by atoms with Crippen molar-refractivity contribution < 1.29 is 36.7 Å². The molecule has 2 amide bonds. The molecule has 0 radical (unpaired) electrons. The first kappa shape index (κ1) is 23.1. The van der Waals surface area contributed by atoms with E-state index in [0.717, 1.165) is 27.7 Å². The van der Waals surface area contributed by atoms with Crippen LogP contribution in [0.2, 0.25) is 0 Å². The van der Waals surface area contributed by atoms with Gasteiger partial charge in [-0.15, -0.1) is 0 Å². The number of halogens is 3. The number of ether oxygens (including phenoxy) is 1. The molecule has 1 N–H and O–H groups in total. The topological polar surface area (TPSA) is 111 Å². The van der Waals surface area contributed by atoms with Crippen molar-refractivity contribution in [1.82, 2.24) is 4.57 Å². The molecule has 1 aromatic heterocycles. The third-order valence-electron chi connectivity index (χ3n) is 5.34. The summed E-state index contributed by atoms with van der Waals surface area (Å²) >= 11 is 0. The van der Waals surface area contributed by atoms with Crippen LogP contribution in [0.5, 0.6) is 0 Å². The van der Waals surface area contributed by atoms with Crippen molar-refractivity contribution in [1.29, 1.82) is 0 Å². The number of carbonyl (C=O) groups excluding carboxylic acids is 3. The molecular formula is C22H18F3N3O6. The second kappa shape index (κ2) is 8.36. The number of rotatable bonds is 4. The number of esters is 1. The number of benzene rings is 2. The molecule has 2 atom stereocenters. The van der Waals surface area contributed by atoms with Gasteiger partial charge in [-0.05, 0) is 44.2 Å². The summed E-state index contributed by atoms with van der Waals surface area (Å²) in [7, 11) is 0. The fraction of sp³-hybridized carbons (Fsp3) is 0.273. The van der Waals surface area contributed by atoms with Crippen LogP contribution in [0.1, 0.15) is 25.5 Å². The van der Waals surface area contributed by atoms with Crippen LogP contribution < -0.4 is 16.0 Å². The first-order valence-electron chi connectivity index (χ1n) is 10.1. The van der Waals surface area contributed by atoms with Crippen molar-refractivity contribution in [3.8, 4) is 0 Å². The number of aromatic nitrogens is 1. The number of oxazole rings is 1. The molecule has 0 saturated heterocycles. The standard InChI is InChI=1S/C22H18F3N3O6/c1-11(28-16-5-3-4-6-17(16)34-21(28)32)20(31)33-12(2)19(30)27-10-18(29)26-14-9-13(22(23,24)25)7-8-15(14)27/h3-9,11-12H,10H2,1-2H3,(H,26,29)/t11-,12+/m0/s1. The van der Waals surface area contributed by atoms with E-state index in [2.05, 4.69) is 5.32 Å². The van der Waals surface area contributed by atoms with E-state index < -0.39 is 54.0 Å². The normalized spacial score (nSPS) is 15.4. The van der Waals surface area contributed by atoms with Crippen molar-refractivity contribution in [2.24, 2.45) is 0 Å². The van der Waals surface area contributed by atoms with Gasteiger partial charge in [-0.2, -0.15) is 13.2 Å². The maximum absolute atomic E-state index is 13.0. The minimum atomic E-state index is -4.64. The van der Waals surface area contributed by atoms with Gasteiger partial charge in [0.2, 0.25) is 5.91 Å². The molecule has 1 aliphatic rings. The number of nitrogens with one attached hydrogen (secondary N) is 1. The quantitative estimate of drug-likeness (QED) is 0.579. The smallest absolute Gasteiger partial charge is 0.420 e. The summed E-state index contributed by atoms with van der Waals surface area (Å²) < 4.78 is 50.5. The van der Waals surface area contributed by atoms with Gasteiger partial charge >= 0.3 is 17.9 Å². The molecule has 1 aliphatic heterocycles. The van der Waals surface area contributed by atoms with Crippen molar-refractivity contribution in [3.05, 3.63) is 58.6 Å². The Bertz CT molecular complexity index is 1360. The summed E-state index contributed by atoms with van der Waals surface area (Å²) in [4.78, 5) is 50.9. The molecule has 2 aromatic carbocycles. The van der Waals surface area contributed by atoms with Crippen molar-refractivity contribution in [2.45, 2.75) is 32.2 Å². The SMILES string of the molecule is C[C@@H](OC(=O)[C@H](C)n1c(=O)oc2ccccc21)C(=O)N1CC(=O)Nc2cc(C(F)(F)F)ccc21. The first-order valence-corrected chi connectivity index (χ1v) is 10.1. The fourth-order valence-corrected chi connectivity index (χ4v) is 3.66. The van der Waals surface area contributed by atoms with Crippen LogP contribution in [0.4, 0.5) is 24.5 Å². The van der Waals surface area contributed by atoms with Crippen molar-refractivity contribution >= 4 is 40.3 Å². The summed E-state index contributed by atoms with van der Waals surface area (Å²) in [6.45, 7) is 2.19. The van der Waals surface area contributed by atoms with Crippen LogP contribution in [-0.4, -0.2) is 35.0 Å². The highest BCUT2D eigenvalue weighted by Crippen LogP contribution is 2.37. The molecular weight excluding hydrogens is 459 g/mol. The molecule has 0 saturated carbocycles. The maximum Gasteiger partial charge on any atom is 0.420 e. The average Bonchev–Trinajstić information content (AvgIpc) is 3.11. The minimum absolute atomic E-state index is 0.0330. The summed E-state index contributed by atoms with van der Waals surface area (Å²) in [5.41, 5.74) is -0.524. The van der Waals surface area contributed by atoms with Gasteiger partial charge in [-0.1, -0.05) is 12.1 Å². The van der Waals surface area contributed by atoms with Crippen LogP contribution in [0.15, 0.2) is 51.7 Å². The van der Waals surface area contributed by atoms with Gasteiger partial charge in [-0.3, -0.25) is 19.1 Å². The second-order valence-electron chi connectivity index (χ2n) is 7.66. The largest absolute Gasteiger partial charge is 0.451 e. The lowest BCUT2D eigenvalue weighted by Crippen LogP contribution is -2.47. The van der Waals surface area contributed by atoms with Gasteiger partial charge in [0.15, 0.2) is 11.7 Å². The minimum Gasteiger partial charge on any atom is -0.451 e. The molecule has 0 spiro atoms. The maximum atomic E-state index is 13.0. The van der Waals surface area contributed by atoms with E-state index in [4.69, 9.17) is 9.15 Å². The average molecular weight is 477 g/mol. The zero-order valence-electron chi connectivity index (χ0n) is 17.9. The Morgan fingerprint density at radius 1 is 1.12 bits per heavy atom. The summed E-state index contributed by atoms with van der Waals surface area (Å²) in [6, 6.07) is 7.87. The Morgan fingerprint density at radius 3 is 2.53 bits per heavy atom. The predicted molar refractivity (Wildman–Crippen MR) is 113 cm³/mol. The number of para-hydroxylation sites is 2. The van der Waals surface area contributed by atoms with Gasteiger partial charge in [0, 0.05) is 0 Å². The van der Waals surface area contributed by atoms with Gasteiger partial charge in [0.25, 0.3) is 5.91 Å². The fourth-order valence-electron chi connectivity index (χ4n) is 3.66. The lowest BCUT2D eigenvalue weighted by molar-refractivity contribution is -0.156. The number of anilines is 2. The molecule has 9 nitrogen and oxygen atoms in total. The monoisotopic (exact) mass is 477 g/mol. The molecule has 0 bridgehead atoms. The molecule has 12 heteroatoms. The molecule has 34 heavy (non-hydrogen) atoms. The third-order valence-corrected chi connectivity index (χ3v) is 5.34. The highest BCUT2D eigenvalue weighted by Gasteiger charge is 2.36. The zero-order chi connectivity index (χ0) is 24.8. The summed E-state index contributed by atoms with van der Waals surface area (Å²) in [5, 5.41) is 2.31. The molecule has 0 fully saturated rings. The van der Waals surface area contributed by atoms with Crippen LogP contribution in [0, 0.1) is 0 Å². The lowest BCUT2D eigenvalue weighted by Gasteiger charge is -2.31. The molecule has 2 heterocycles. The van der Waals surface area contributed by atoms with Crippen LogP contribution >= 0.6 is 0 Å². The van der Waals surface area contributed by atoms with E-state index in [-0.39, 0.29) is 17.0 Å². The van der Waals surface area contributed by atoms with E-state index >= 15 is 0 Å². The Balaban J connectivity index is 1.55. The highest BCUT2D eigenvalue weighted by atomic mass is 19.4. The lowest BCUT2D eigenvalue weighted by atomic mass is 10.1. The number of amides is 2. The summed E-state index contributed by atoms with van der Waals surface area (Å²) in [5.74, 6) is -3.22. The first-order chi connectivity index (χ1) is 16.0. The number of carbonyl (C=O) groups is 3. The molecule has 0 aliphatic carbocycles. The number of hydrogen-bond acceptors (Lipinski definition) is 6. The number of alkyl halides is 3. The van der Waals surface area contributed by atoms with Crippen LogP contribution in [-0.2, 0) is 25.3 Å². The molecule has 0 unspecified atom stereocenters. The summed E-state index contributed by atoms with van der Waals surface area (Å²) in [6.07, 6.45) is -6.04. The van der Waals surface area contributed by atoms with E-state index in [1.807, 2.05) is 0 Å². The van der Waals surface area contributed by atoms with Crippen LogP contribution in [0.3, 0.4) is 0 Å². The van der Waals surface area contributed by atoms with E-state index in [0.29, 0.717) is 5.52 Å². The van der Waals surface area contributed by atoms with Crippen molar-refractivity contribution in [2.75, 3.05) is 16.8 Å². The van der Waals surface area contributed by atoms with Gasteiger partial charge in [0.1, 0.15) is 12.6 Å². The third kappa shape index (κ3) is 4.14. The van der Waals surface area contributed by atoms with E-state index in [1.165, 1.54) is 13.8 Å². The Hall–Kier alpha value is -4.09. The predicted octanol–water partition coefficient (Wildman–Crippen LogP) is 3.09. The Labute approximate surface area is 189 Å². The van der Waals surface area contributed by atoms with E-state index in [1.54, 1.807) is 24.3 Å². The van der Waals surface area contributed by atoms with E-state index in [9.17, 15) is 32.3 Å². The highest BCUT2D eigenvalue weighted by molar-refractivity contribution is 6.11. The number of fused-ring (bicyclic) bond motifs is 2. The second-order valence-corrected chi connectivity index (χ2v) is 7.66. The molecule has 178 valence electrons. The Morgan fingerprint density at radius 2 is 1.82 bits per heavy atom. The van der Waals surface area contributed by atoms with Crippen LogP contribution in [0.25, 0.3) is 11.1 Å². The van der Waals surface area contributed by atoms with Gasteiger partial charge < -0.3 is 14.5 Å².